The number of hydrogen-bond donors (Lipinski definition) is 0. The number of nitrogens with zero attached hydrogens (tertiary/aromatic N) is 2. The summed E-state index contributed by atoms with van der Waals surface area (Å²) >= 11 is 2.26. The molecule has 6 heteroatoms. The number of rotatable bonds is 3. The monoisotopic (exact) mass is 364 g/mol. The lowest BCUT2D eigenvalue weighted by atomic mass is 10.2. The van der Waals surface area contributed by atoms with Crippen LogP contribution in [-0.2, 0) is 14.2 Å². The Morgan fingerprint density at radius 3 is 3.06 bits per heavy atom. The van der Waals surface area contributed by atoms with Crippen LogP contribution < -0.4 is 0 Å². The minimum atomic E-state index is -0.0671. The molecule has 1 aromatic rings. The first-order chi connectivity index (χ1) is 8.83. The van der Waals surface area contributed by atoms with E-state index in [-0.39, 0.29) is 18.4 Å². The Kier molecular flexibility index (Phi) is 4.17. The molecule has 3 rings (SSSR count). The second kappa shape index (κ2) is 5.85. The first-order valence-corrected chi connectivity index (χ1v) is 7.45. The highest BCUT2D eigenvalue weighted by atomic mass is 127. The van der Waals surface area contributed by atoms with E-state index in [2.05, 4.69) is 27.7 Å². The Morgan fingerprint density at radius 1 is 1.39 bits per heavy atom. The summed E-state index contributed by atoms with van der Waals surface area (Å²) in [4.78, 5) is 0. The first-order valence-electron chi connectivity index (χ1n) is 6.37. The normalized spacial score (nSPS) is 32.8. The van der Waals surface area contributed by atoms with E-state index in [0.29, 0.717) is 13.2 Å². The molecule has 0 spiro atoms. The van der Waals surface area contributed by atoms with Crippen LogP contribution in [0.15, 0.2) is 12.4 Å². The van der Waals surface area contributed by atoms with Gasteiger partial charge in [-0.1, -0.05) is 0 Å². The molecule has 0 saturated carbocycles. The highest BCUT2D eigenvalue weighted by Crippen LogP contribution is 2.26. The van der Waals surface area contributed by atoms with Crippen LogP contribution >= 0.6 is 22.6 Å². The van der Waals surface area contributed by atoms with Crippen LogP contribution in [0.1, 0.15) is 25.3 Å². The third-order valence-electron chi connectivity index (χ3n) is 3.37. The number of aromatic nitrogens is 2. The van der Waals surface area contributed by atoms with Crippen LogP contribution in [0.25, 0.3) is 0 Å². The number of halogens is 1. The Balaban J connectivity index is 1.63. The van der Waals surface area contributed by atoms with Crippen LogP contribution in [0, 0.1) is 3.57 Å². The zero-order chi connectivity index (χ0) is 12.4. The van der Waals surface area contributed by atoms with Crippen LogP contribution in [0.4, 0.5) is 0 Å². The fourth-order valence-corrected chi connectivity index (χ4v) is 2.82. The summed E-state index contributed by atoms with van der Waals surface area (Å²) < 4.78 is 20.2. The molecule has 5 nitrogen and oxygen atoms in total. The molecule has 0 N–H and O–H groups in total. The SMILES string of the molecule is Ic1cnn(C2COCC2OC2CCCCO2)c1. The third-order valence-corrected chi connectivity index (χ3v) is 3.93. The first kappa shape index (κ1) is 12.8. The van der Waals surface area contributed by atoms with Gasteiger partial charge in [-0.05, 0) is 41.9 Å². The van der Waals surface area contributed by atoms with E-state index in [4.69, 9.17) is 14.2 Å². The maximum atomic E-state index is 6.02. The summed E-state index contributed by atoms with van der Waals surface area (Å²) in [6.07, 6.45) is 7.17. The maximum Gasteiger partial charge on any atom is 0.158 e. The fraction of sp³-hybridized carbons (Fsp3) is 0.750. The molecule has 0 bridgehead atoms. The molecule has 100 valence electrons. The molecule has 1 aromatic heterocycles. The molecule has 0 aliphatic carbocycles. The molecule has 18 heavy (non-hydrogen) atoms. The lowest BCUT2D eigenvalue weighted by molar-refractivity contribution is -0.192. The third kappa shape index (κ3) is 2.87. The van der Waals surface area contributed by atoms with Crippen LogP contribution in [0.2, 0.25) is 0 Å². The van der Waals surface area contributed by atoms with Gasteiger partial charge in [-0.15, -0.1) is 0 Å². The van der Waals surface area contributed by atoms with Gasteiger partial charge < -0.3 is 14.2 Å². The summed E-state index contributed by atoms with van der Waals surface area (Å²) in [7, 11) is 0. The van der Waals surface area contributed by atoms with Crippen molar-refractivity contribution in [2.24, 2.45) is 0 Å². The standard InChI is InChI=1S/C12H17IN2O3/c13-9-5-14-15(6-9)10-7-16-8-11(10)18-12-3-1-2-4-17-12/h5-6,10-12H,1-4,7-8H2. The fourth-order valence-electron chi connectivity index (χ4n) is 2.41. The smallest absolute Gasteiger partial charge is 0.158 e. The molecule has 2 aliphatic rings. The van der Waals surface area contributed by atoms with Crippen molar-refractivity contribution in [2.75, 3.05) is 19.8 Å². The predicted octanol–water partition coefficient (Wildman–Crippen LogP) is 1.97. The molecule has 3 heterocycles. The van der Waals surface area contributed by atoms with Crippen molar-refractivity contribution >= 4 is 22.6 Å². The van der Waals surface area contributed by atoms with Crippen molar-refractivity contribution in [2.45, 2.75) is 37.7 Å². The summed E-state index contributed by atoms with van der Waals surface area (Å²) in [5.41, 5.74) is 0. The predicted molar refractivity (Wildman–Crippen MR) is 73.3 cm³/mol. The second-order valence-corrected chi connectivity index (χ2v) is 5.96. The van der Waals surface area contributed by atoms with Crippen molar-refractivity contribution in [3.8, 4) is 0 Å². The molecule has 0 radical (unpaired) electrons. The molecule has 0 aromatic carbocycles. The average Bonchev–Trinajstić information content (AvgIpc) is 2.99. The molecule has 0 amide bonds. The van der Waals surface area contributed by atoms with E-state index in [1.54, 1.807) is 0 Å². The Labute approximate surface area is 120 Å². The molecular weight excluding hydrogens is 347 g/mol. The number of ether oxygens (including phenoxy) is 3. The number of hydrogen-bond acceptors (Lipinski definition) is 4. The van der Waals surface area contributed by atoms with Crippen molar-refractivity contribution < 1.29 is 14.2 Å². The van der Waals surface area contributed by atoms with E-state index in [1.165, 1.54) is 6.42 Å². The van der Waals surface area contributed by atoms with Crippen LogP contribution in [-0.4, -0.2) is 42.0 Å². The van der Waals surface area contributed by atoms with E-state index >= 15 is 0 Å². The molecule has 2 saturated heterocycles. The van der Waals surface area contributed by atoms with Crippen molar-refractivity contribution in [1.82, 2.24) is 9.78 Å². The van der Waals surface area contributed by atoms with Crippen molar-refractivity contribution in [3.05, 3.63) is 16.0 Å². The minimum absolute atomic E-state index is 0.0452. The zero-order valence-electron chi connectivity index (χ0n) is 10.1. The van der Waals surface area contributed by atoms with E-state index in [9.17, 15) is 0 Å². The van der Waals surface area contributed by atoms with Crippen LogP contribution in [0.3, 0.4) is 0 Å². The lowest BCUT2D eigenvalue weighted by Crippen LogP contribution is -2.33. The highest BCUT2D eigenvalue weighted by Gasteiger charge is 2.33. The van der Waals surface area contributed by atoms with Gasteiger partial charge in [0.15, 0.2) is 6.29 Å². The van der Waals surface area contributed by atoms with Gasteiger partial charge in [0.25, 0.3) is 0 Å². The molecule has 3 unspecified atom stereocenters. The molecule has 3 atom stereocenters. The molecular formula is C12H17IN2O3. The molecule has 2 fully saturated rings. The quantitative estimate of drug-likeness (QED) is 0.770. The Hall–Kier alpha value is -0.180. The summed E-state index contributed by atoms with van der Waals surface area (Å²) in [6, 6.07) is 0.166. The van der Waals surface area contributed by atoms with Gasteiger partial charge in [-0.3, -0.25) is 4.68 Å². The topological polar surface area (TPSA) is 45.5 Å². The maximum absolute atomic E-state index is 6.02. The second-order valence-electron chi connectivity index (χ2n) is 4.71. The van der Waals surface area contributed by atoms with Gasteiger partial charge in [0.2, 0.25) is 0 Å². The van der Waals surface area contributed by atoms with Crippen molar-refractivity contribution in [1.29, 1.82) is 0 Å². The van der Waals surface area contributed by atoms with E-state index < -0.39 is 0 Å². The lowest BCUT2D eigenvalue weighted by Gasteiger charge is -2.27. The highest BCUT2D eigenvalue weighted by molar-refractivity contribution is 14.1. The average molecular weight is 364 g/mol. The minimum Gasteiger partial charge on any atom is -0.376 e. The summed E-state index contributed by atoms with van der Waals surface area (Å²) in [6.45, 7) is 2.10. The van der Waals surface area contributed by atoms with Gasteiger partial charge in [-0.2, -0.15) is 5.10 Å². The van der Waals surface area contributed by atoms with Crippen LogP contribution in [0.5, 0.6) is 0 Å². The van der Waals surface area contributed by atoms with E-state index in [1.807, 2.05) is 17.1 Å². The molecule has 2 aliphatic heterocycles. The van der Waals surface area contributed by atoms with E-state index in [0.717, 1.165) is 23.0 Å². The largest absolute Gasteiger partial charge is 0.376 e. The van der Waals surface area contributed by atoms with Gasteiger partial charge >= 0.3 is 0 Å². The zero-order valence-corrected chi connectivity index (χ0v) is 12.3. The van der Waals surface area contributed by atoms with Gasteiger partial charge in [0.05, 0.1) is 23.0 Å². The van der Waals surface area contributed by atoms with Gasteiger partial charge in [-0.25, -0.2) is 0 Å². The Bertz CT molecular complexity index is 392. The van der Waals surface area contributed by atoms with Gasteiger partial charge in [0, 0.05) is 12.8 Å². The van der Waals surface area contributed by atoms with Gasteiger partial charge in [0.1, 0.15) is 12.1 Å². The van der Waals surface area contributed by atoms with Crippen molar-refractivity contribution in [3.63, 3.8) is 0 Å². The summed E-state index contributed by atoms with van der Waals surface area (Å²) in [5.74, 6) is 0. The Morgan fingerprint density at radius 2 is 2.33 bits per heavy atom. The summed E-state index contributed by atoms with van der Waals surface area (Å²) in [5, 5.41) is 4.35.